The molecule has 0 aromatic heterocycles. The summed E-state index contributed by atoms with van der Waals surface area (Å²) in [6.07, 6.45) is 7.73. The predicted octanol–water partition coefficient (Wildman–Crippen LogP) is 2.48. The molecule has 0 spiro atoms. The molecule has 2 rings (SSSR count). The second kappa shape index (κ2) is 5.55. The van der Waals surface area contributed by atoms with Crippen LogP contribution in [0.15, 0.2) is 0 Å². The Labute approximate surface area is 115 Å². The number of carbonyl (C=O) groups is 1. The van der Waals surface area contributed by atoms with Crippen LogP contribution in [0.25, 0.3) is 0 Å². The Bertz CT molecular complexity index is 329. The van der Waals surface area contributed by atoms with Gasteiger partial charge >= 0.3 is 0 Å². The van der Waals surface area contributed by atoms with E-state index in [1.54, 1.807) is 0 Å². The van der Waals surface area contributed by atoms with E-state index in [2.05, 4.69) is 6.92 Å². The Morgan fingerprint density at radius 2 is 1.78 bits per heavy atom. The lowest BCUT2D eigenvalue weighted by Crippen LogP contribution is -2.48. The van der Waals surface area contributed by atoms with Crippen LogP contribution in [0.1, 0.15) is 51.9 Å². The second-order valence-corrected chi connectivity index (χ2v) is 6.52. The summed E-state index contributed by atoms with van der Waals surface area (Å²) in [7, 11) is 0. The van der Waals surface area contributed by atoms with Gasteiger partial charge in [-0.2, -0.15) is 0 Å². The first-order valence-electron chi connectivity index (χ1n) is 7.12. The number of carbonyl (C=O) groups excluding carboxylic acids is 1. The number of nitrogens with two attached hydrogens (primary N) is 1. The van der Waals surface area contributed by atoms with Gasteiger partial charge in [0.15, 0.2) is 0 Å². The Morgan fingerprint density at radius 3 is 2.28 bits per heavy atom. The standard InChI is InChI=1S/C14H24N2OS/c1-14(13(15)18)7-9-16(10-8-14)12(17)11-5-3-2-4-6-11/h11H,2-10H2,1H3,(H2,15,18). The van der Waals surface area contributed by atoms with Gasteiger partial charge in [-0.25, -0.2) is 0 Å². The normalized spacial score (nSPS) is 24.8. The molecule has 1 aliphatic heterocycles. The summed E-state index contributed by atoms with van der Waals surface area (Å²) in [5.41, 5.74) is 5.75. The van der Waals surface area contributed by atoms with Gasteiger partial charge in [0.05, 0.1) is 4.99 Å². The Morgan fingerprint density at radius 1 is 1.22 bits per heavy atom. The van der Waals surface area contributed by atoms with Crippen molar-refractivity contribution in [3.05, 3.63) is 0 Å². The maximum absolute atomic E-state index is 12.4. The first kappa shape index (κ1) is 13.8. The quantitative estimate of drug-likeness (QED) is 0.783. The zero-order chi connectivity index (χ0) is 13.2. The number of nitrogens with zero attached hydrogens (tertiary/aromatic N) is 1. The van der Waals surface area contributed by atoms with Crippen LogP contribution in [-0.4, -0.2) is 28.9 Å². The van der Waals surface area contributed by atoms with Gasteiger partial charge in [-0.1, -0.05) is 38.4 Å². The molecule has 0 bridgehead atoms. The topological polar surface area (TPSA) is 46.3 Å². The van der Waals surface area contributed by atoms with Gasteiger partial charge in [-0.15, -0.1) is 0 Å². The highest BCUT2D eigenvalue weighted by molar-refractivity contribution is 7.80. The number of amides is 1. The molecule has 0 aromatic carbocycles. The summed E-state index contributed by atoms with van der Waals surface area (Å²) < 4.78 is 0. The average molecular weight is 268 g/mol. The average Bonchev–Trinajstić information content (AvgIpc) is 2.40. The first-order chi connectivity index (χ1) is 8.53. The van der Waals surface area contributed by atoms with Gasteiger partial charge in [0.2, 0.25) is 5.91 Å². The number of hydrogen-bond donors (Lipinski definition) is 1. The Hall–Kier alpha value is -0.640. The third-order valence-electron chi connectivity index (χ3n) is 4.73. The molecular weight excluding hydrogens is 244 g/mol. The summed E-state index contributed by atoms with van der Waals surface area (Å²) in [5, 5.41) is 0. The van der Waals surface area contributed by atoms with E-state index in [-0.39, 0.29) is 11.3 Å². The summed E-state index contributed by atoms with van der Waals surface area (Å²) in [4.78, 5) is 15.0. The lowest BCUT2D eigenvalue weighted by atomic mass is 9.79. The van der Waals surface area contributed by atoms with Crippen molar-refractivity contribution in [1.29, 1.82) is 0 Å². The number of likely N-dealkylation sites (tertiary alicyclic amines) is 1. The molecule has 2 aliphatic rings. The van der Waals surface area contributed by atoms with E-state index >= 15 is 0 Å². The molecule has 0 radical (unpaired) electrons. The van der Waals surface area contributed by atoms with Crippen molar-refractivity contribution in [2.75, 3.05) is 13.1 Å². The van der Waals surface area contributed by atoms with Crippen molar-refractivity contribution in [3.63, 3.8) is 0 Å². The minimum Gasteiger partial charge on any atom is -0.393 e. The molecular formula is C14H24N2OS. The fourth-order valence-corrected chi connectivity index (χ4v) is 3.28. The number of rotatable bonds is 2. The number of piperidine rings is 1. The van der Waals surface area contributed by atoms with Crippen molar-refractivity contribution in [3.8, 4) is 0 Å². The van der Waals surface area contributed by atoms with E-state index < -0.39 is 0 Å². The maximum Gasteiger partial charge on any atom is 0.225 e. The molecule has 0 unspecified atom stereocenters. The van der Waals surface area contributed by atoms with Crippen molar-refractivity contribution in [1.82, 2.24) is 4.90 Å². The number of thiocarbonyl (C=S) groups is 1. The summed E-state index contributed by atoms with van der Waals surface area (Å²) >= 11 is 5.13. The Balaban J connectivity index is 1.89. The molecule has 102 valence electrons. The van der Waals surface area contributed by atoms with Crippen molar-refractivity contribution in [2.24, 2.45) is 17.1 Å². The van der Waals surface area contributed by atoms with Crippen LogP contribution in [0.4, 0.5) is 0 Å². The van der Waals surface area contributed by atoms with Crippen LogP contribution >= 0.6 is 12.2 Å². The van der Waals surface area contributed by atoms with Crippen LogP contribution in [0.5, 0.6) is 0 Å². The van der Waals surface area contributed by atoms with Crippen LogP contribution in [0.2, 0.25) is 0 Å². The van der Waals surface area contributed by atoms with Gasteiger partial charge in [0, 0.05) is 24.4 Å². The van der Waals surface area contributed by atoms with Gasteiger partial charge in [-0.05, 0) is 25.7 Å². The molecule has 1 saturated heterocycles. The molecule has 1 aliphatic carbocycles. The molecule has 4 heteroatoms. The third kappa shape index (κ3) is 2.85. The fraction of sp³-hybridized carbons (Fsp3) is 0.857. The summed E-state index contributed by atoms with van der Waals surface area (Å²) in [5.74, 6) is 0.660. The van der Waals surface area contributed by atoms with Crippen molar-refractivity contribution < 1.29 is 4.79 Å². The molecule has 18 heavy (non-hydrogen) atoms. The second-order valence-electron chi connectivity index (χ2n) is 6.09. The predicted molar refractivity (Wildman–Crippen MR) is 77.3 cm³/mol. The van der Waals surface area contributed by atoms with E-state index in [1.807, 2.05) is 4.90 Å². The summed E-state index contributed by atoms with van der Waals surface area (Å²) in [6, 6.07) is 0. The molecule has 3 nitrogen and oxygen atoms in total. The molecule has 1 heterocycles. The third-order valence-corrected chi connectivity index (χ3v) is 5.22. The molecule has 2 N–H and O–H groups in total. The van der Waals surface area contributed by atoms with Crippen molar-refractivity contribution >= 4 is 23.1 Å². The van der Waals surface area contributed by atoms with E-state index in [9.17, 15) is 4.79 Å². The van der Waals surface area contributed by atoms with E-state index in [0.29, 0.717) is 10.9 Å². The zero-order valence-corrected chi connectivity index (χ0v) is 12.1. The summed E-state index contributed by atoms with van der Waals surface area (Å²) in [6.45, 7) is 3.77. The van der Waals surface area contributed by atoms with Crippen LogP contribution in [-0.2, 0) is 4.79 Å². The van der Waals surface area contributed by atoms with Gasteiger partial charge in [-0.3, -0.25) is 4.79 Å². The van der Waals surface area contributed by atoms with E-state index in [0.717, 1.165) is 38.8 Å². The minimum atomic E-state index is -0.0430. The van der Waals surface area contributed by atoms with E-state index in [1.165, 1.54) is 19.3 Å². The number of hydrogen-bond acceptors (Lipinski definition) is 2. The largest absolute Gasteiger partial charge is 0.393 e. The SMILES string of the molecule is CC1(C(N)=S)CCN(C(=O)C2CCCCC2)CC1. The lowest BCUT2D eigenvalue weighted by molar-refractivity contribution is -0.138. The molecule has 2 fully saturated rings. The first-order valence-corrected chi connectivity index (χ1v) is 7.52. The monoisotopic (exact) mass is 268 g/mol. The van der Waals surface area contributed by atoms with Gasteiger partial charge < -0.3 is 10.6 Å². The minimum absolute atomic E-state index is 0.0430. The van der Waals surface area contributed by atoms with E-state index in [4.69, 9.17) is 18.0 Å². The zero-order valence-electron chi connectivity index (χ0n) is 11.3. The highest BCUT2D eigenvalue weighted by atomic mass is 32.1. The lowest BCUT2D eigenvalue weighted by Gasteiger charge is -2.40. The molecule has 0 aromatic rings. The Kier molecular flexibility index (Phi) is 4.25. The van der Waals surface area contributed by atoms with Gasteiger partial charge in [0.1, 0.15) is 0 Å². The molecule has 1 amide bonds. The van der Waals surface area contributed by atoms with Crippen LogP contribution in [0.3, 0.4) is 0 Å². The van der Waals surface area contributed by atoms with Crippen LogP contribution in [0, 0.1) is 11.3 Å². The smallest absolute Gasteiger partial charge is 0.225 e. The molecule has 1 saturated carbocycles. The fourth-order valence-electron chi connectivity index (χ4n) is 3.07. The van der Waals surface area contributed by atoms with Gasteiger partial charge in [0.25, 0.3) is 0 Å². The molecule has 0 atom stereocenters. The maximum atomic E-state index is 12.4. The highest BCUT2D eigenvalue weighted by Gasteiger charge is 2.36. The van der Waals surface area contributed by atoms with Crippen molar-refractivity contribution in [2.45, 2.75) is 51.9 Å². The van der Waals surface area contributed by atoms with Crippen LogP contribution < -0.4 is 5.73 Å². The highest BCUT2D eigenvalue weighted by Crippen LogP contribution is 2.33.